The third-order valence-electron chi connectivity index (χ3n) is 4.05. The Balaban J connectivity index is 2.03. The van der Waals surface area contributed by atoms with Gasteiger partial charge >= 0.3 is 0 Å². The van der Waals surface area contributed by atoms with Crippen LogP contribution in [0.2, 0.25) is 0 Å². The second-order valence-corrected chi connectivity index (χ2v) is 6.02. The van der Waals surface area contributed by atoms with Gasteiger partial charge in [0.1, 0.15) is 0 Å². The molecule has 0 heterocycles. The number of hydrogen-bond acceptors (Lipinski definition) is 1. The van der Waals surface area contributed by atoms with Crippen LogP contribution in [0.25, 0.3) is 11.3 Å². The van der Waals surface area contributed by atoms with Gasteiger partial charge < -0.3 is 0 Å². The van der Waals surface area contributed by atoms with Gasteiger partial charge in [0.15, 0.2) is 0 Å². The summed E-state index contributed by atoms with van der Waals surface area (Å²) in [6, 6.07) is 30.6. The Hall–Kier alpha value is -3.37. The molecule has 0 N–H and O–H groups in total. The minimum Gasteiger partial charge on any atom is -0.244 e. The average Bonchev–Trinajstić information content (AvgIpc) is 2.72. The maximum absolute atomic E-state index is 4.86. The van der Waals surface area contributed by atoms with Crippen molar-refractivity contribution in [3.05, 3.63) is 108 Å². The number of hydrogen-bond donors (Lipinski definition) is 0. The molecule has 0 saturated heterocycles. The average molecular weight is 335 g/mol. The van der Waals surface area contributed by atoms with Gasteiger partial charge in [-0.05, 0) is 43.0 Å². The van der Waals surface area contributed by atoms with Crippen LogP contribution in [-0.2, 0) is 0 Å². The molecule has 0 bridgehead atoms. The van der Waals surface area contributed by atoms with E-state index in [2.05, 4.69) is 43.0 Å². The predicted molar refractivity (Wildman–Crippen MR) is 112 cm³/mol. The van der Waals surface area contributed by atoms with Gasteiger partial charge in [-0.3, -0.25) is 0 Å². The zero-order valence-electron chi connectivity index (χ0n) is 15.1. The lowest BCUT2D eigenvalue weighted by molar-refractivity contribution is 1.46. The van der Waals surface area contributed by atoms with E-state index in [-0.39, 0.29) is 0 Å². The molecule has 0 aliphatic rings. The largest absolute Gasteiger partial charge is 0.244 e. The minimum absolute atomic E-state index is 0.794. The van der Waals surface area contributed by atoms with Crippen LogP contribution in [-0.4, -0.2) is 5.71 Å². The van der Waals surface area contributed by atoms with Crippen molar-refractivity contribution in [1.29, 1.82) is 0 Å². The van der Waals surface area contributed by atoms with Gasteiger partial charge in [0, 0.05) is 11.1 Å². The highest BCUT2D eigenvalue weighted by atomic mass is 14.8. The fraction of sp³-hybridized carbons (Fsp3) is 0.0800. The Labute approximate surface area is 155 Å². The van der Waals surface area contributed by atoms with Crippen LogP contribution in [0.5, 0.6) is 0 Å². The summed E-state index contributed by atoms with van der Waals surface area (Å²) in [5.74, 6) is 6.35. The SMILES string of the molecule is CC(C#Cc1ccccc1)=N/C(=C(\C)c1ccccc1)c1ccccc1. The van der Waals surface area contributed by atoms with Crippen LogP contribution in [0.1, 0.15) is 30.5 Å². The zero-order chi connectivity index (χ0) is 18.2. The van der Waals surface area contributed by atoms with E-state index < -0.39 is 0 Å². The van der Waals surface area contributed by atoms with E-state index >= 15 is 0 Å². The first-order chi connectivity index (χ1) is 12.7. The van der Waals surface area contributed by atoms with Crippen LogP contribution in [0, 0.1) is 11.8 Å². The number of aliphatic imine (C=N–C) groups is 1. The Morgan fingerprint density at radius 1 is 0.654 bits per heavy atom. The summed E-state index contributed by atoms with van der Waals surface area (Å²) in [5.41, 5.74) is 6.14. The molecular formula is C25H21N. The summed E-state index contributed by atoms with van der Waals surface area (Å²) in [7, 11) is 0. The summed E-state index contributed by atoms with van der Waals surface area (Å²) in [4.78, 5) is 4.86. The molecule has 26 heavy (non-hydrogen) atoms. The van der Waals surface area contributed by atoms with Crippen molar-refractivity contribution < 1.29 is 0 Å². The quantitative estimate of drug-likeness (QED) is 0.312. The third-order valence-corrected chi connectivity index (χ3v) is 4.05. The predicted octanol–water partition coefficient (Wildman–Crippen LogP) is 6.09. The van der Waals surface area contributed by atoms with Crippen LogP contribution in [0.4, 0.5) is 0 Å². The lowest BCUT2D eigenvalue weighted by atomic mass is 10.0. The Morgan fingerprint density at radius 2 is 1.15 bits per heavy atom. The first kappa shape index (κ1) is 17.5. The molecule has 0 aromatic heterocycles. The highest BCUT2D eigenvalue weighted by Crippen LogP contribution is 2.27. The first-order valence-corrected chi connectivity index (χ1v) is 8.68. The molecule has 0 amide bonds. The molecule has 0 aliphatic carbocycles. The molecule has 3 aromatic rings. The van der Waals surface area contributed by atoms with E-state index in [1.54, 1.807) is 0 Å². The highest BCUT2D eigenvalue weighted by Gasteiger charge is 2.07. The fourth-order valence-corrected chi connectivity index (χ4v) is 2.67. The Morgan fingerprint density at radius 3 is 1.73 bits per heavy atom. The second kappa shape index (κ2) is 8.65. The van der Waals surface area contributed by atoms with Gasteiger partial charge in [-0.15, -0.1) is 0 Å². The van der Waals surface area contributed by atoms with Gasteiger partial charge in [-0.25, -0.2) is 4.99 Å². The van der Waals surface area contributed by atoms with E-state index in [1.807, 2.05) is 73.7 Å². The lowest BCUT2D eigenvalue weighted by Gasteiger charge is -2.09. The summed E-state index contributed by atoms with van der Waals surface area (Å²) in [6.45, 7) is 4.07. The molecule has 0 spiro atoms. The van der Waals surface area contributed by atoms with Crippen LogP contribution >= 0.6 is 0 Å². The van der Waals surface area contributed by atoms with Crippen LogP contribution in [0.3, 0.4) is 0 Å². The molecule has 3 aromatic carbocycles. The van der Waals surface area contributed by atoms with Crippen molar-refractivity contribution >= 4 is 17.0 Å². The fourth-order valence-electron chi connectivity index (χ4n) is 2.67. The van der Waals surface area contributed by atoms with Crippen molar-refractivity contribution in [2.24, 2.45) is 4.99 Å². The molecule has 0 aliphatic heterocycles. The Bertz CT molecular complexity index is 970. The van der Waals surface area contributed by atoms with Crippen molar-refractivity contribution in [3.8, 4) is 11.8 Å². The molecule has 1 heteroatoms. The summed E-state index contributed by atoms with van der Waals surface area (Å²) < 4.78 is 0. The van der Waals surface area contributed by atoms with Gasteiger partial charge in [-0.2, -0.15) is 0 Å². The second-order valence-electron chi connectivity index (χ2n) is 6.02. The Kier molecular flexibility index (Phi) is 5.80. The van der Waals surface area contributed by atoms with E-state index in [4.69, 9.17) is 4.99 Å². The maximum Gasteiger partial charge on any atom is 0.0879 e. The number of allylic oxidation sites excluding steroid dienone is 1. The molecule has 0 radical (unpaired) electrons. The highest BCUT2D eigenvalue weighted by molar-refractivity contribution is 6.04. The van der Waals surface area contributed by atoms with Gasteiger partial charge in [0.05, 0.1) is 11.4 Å². The van der Waals surface area contributed by atoms with Crippen molar-refractivity contribution in [1.82, 2.24) is 0 Å². The molecule has 3 rings (SSSR count). The topological polar surface area (TPSA) is 12.4 Å². The van der Waals surface area contributed by atoms with Gasteiger partial charge in [-0.1, -0.05) is 84.8 Å². The van der Waals surface area contributed by atoms with Crippen molar-refractivity contribution in [2.75, 3.05) is 0 Å². The zero-order valence-corrected chi connectivity index (χ0v) is 15.1. The maximum atomic E-state index is 4.86. The van der Waals surface area contributed by atoms with E-state index in [9.17, 15) is 0 Å². The molecule has 0 fully saturated rings. The normalized spacial score (nSPS) is 12.0. The smallest absolute Gasteiger partial charge is 0.0879 e. The molecule has 126 valence electrons. The summed E-state index contributed by atoms with van der Waals surface area (Å²) in [6.07, 6.45) is 0. The number of benzene rings is 3. The van der Waals surface area contributed by atoms with Gasteiger partial charge in [0.2, 0.25) is 0 Å². The number of nitrogens with zero attached hydrogens (tertiary/aromatic N) is 1. The molecule has 0 saturated carbocycles. The van der Waals surface area contributed by atoms with Crippen molar-refractivity contribution in [3.63, 3.8) is 0 Å². The molecule has 0 unspecified atom stereocenters. The van der Waals surface area contributed by atoms with E-state index in [0.29, 0.717) is 0 Å². The first-order valence-electron chi connectivity index (χ1n) is 8.68. The standard InChI is InChI=1S/C25H21N/c1-20(18-19-22-12-6-3-7-13-22)26-25(24-16-10-5-11-17-24)21(2)23-14-8-4-9-15-23/h3-17H,1-2H3/b25-21+,26-20?. The number of rotatable bonds is 3. The molecule has 1 nitrogen and oxygen atoms in total. The summed E-state index contributed by atoms with van der Waals surface area (Å²) >= 11 is 0. The molecular weight excluding hydrogens is 314 g/mol. The monoisotopic (exact) mass is 335 g/mol. The van der Waals surface area contributed by atoms with E-state index in [1.165, 1.54) is 5.56 Å². The van der Waals surface area contributed by atoms with Crippen LogP contribution < -0.4 is 0 Å². The minimum atomic E-state index is 0.794. The van der Waals surface area contributed by atoms with Gasteiger partial charge in [0.25, 0.3) is 0 Å². The lowest BCUT2D eigenvalue weighted by Crippen LogP contribution is -1.93. The molecule has 0 atom stereocenters. The van der Waals surface area contributed by atoms with E-state index in [0.717, 1.165) is 28.1 Å². The van der Waals surface area contributed by atoms with Crippen LogP contribution in [0.15, 0.2) is 96.0 Å². The van der Waals surface area contributed by atoms with Crippen molar-refractivity contribution in [2.45, 2.75) is 13.8 Å². The third kappa shape index (κ3) is 4.59. The summed E-state index contributed by atoms with van der Waals surface area (Å²) in [5, 5.41) is 0.